The summed E-state index contributed by atoms with van der Waals surface area (Å²) in [6.45, 7) is 5.83. The molecule has 1 atom stereocenters. The van der Waals surface area contributed by atoms with Crippen LogP contribution in [0, 0.1) is 12.3 Å². The lowest BCUT2D eigenvalue weighted by Gasteiger charge is -2.47. The molecule has 3 fully saturated rings. The van der Waals surface area contributed by atoms with E-state index in [9.17, 15) is 9.59 Å². The van der Waals surface area contributed by atoms with Gasteiger partial charge in [0.05, 0.1) is 13.2 Å². The predicted molar refractivity (Wildman–Crippen MR) is 110 cm³/mol. The van der Waals surface area contributed by atoms with Crippen molar-refractivity contribution in [3.63, 3.8) is 0 Å². The van der Waals surface area contributed by atoms with Crippen molar-refractivity contribution < 1.29 is 19.1 Å². The average molecular weight is 401 g/mol. The molecule has 0 aromatic heterocycles. The van der Waals surface area contributed by atoms with Gasteiger partial charge in [0, 0.05) is 44.8 Å². The minimum Gasteiger partial charge on any atom is -0.496 e. The molecule has 3 aliphatic heterocycles. The molecule has 2 amide bonds. The first kappa shape index (κ1) is 20.2. The van der Waals surface area contributed by atoms with Crippen LogP contribution in [0.5, 0.6) is 5.75 Å². The number of rotatable bonds is 4. The molecule has 0 saturated carbocycles. The number of piperidine rings is 2. The van der Waals surface area contributed by atoms with Gasteiger partial charge in [-0.2, -0.15) is 0 Å². The summed E-state index contributed by atoms with van der Waals surface area (Å²) in [6.07, 6.45) is 5.82. The van der Waals surface area contributed by atoms with Crippen LogP contribution in [-0.2, 0) is 9.53 Å². The number of hydrogen-bond donors (Lipinski definition) is 0. The molecule has 1 spiro atoms. The van der Waals surface area contributed by atoms with E-state index in [0.717, 1.165) is 76.2 Å². The first-order chi connectivity index (χ1) is 14.0. The number of amides is 2. The van der Waals surface area contributed by atoms with Crippen molar-refractivity contribution in [2.24, 2.45) is 5.41 Å². The van der Waals surface area contributed by atoms with Crippen LogP contribution >= 0.6 is 0 Å². The third kappa shape index (κ3) is 4.27. The second-order valence-electron chi connectivity index (χ2n) is 8.89. The van der Waals surface area contributed by atoms with E-state index in [-0.39, 0.29) is 23.3 Å². The van der Waals surface area contributed by atoms with Crippen molar-refractivity contribution in [3.8, 4) is 5.75 Å². The van der Waals surface area contributed by atoms with Gasteiger partial charge in [0.15, 0.2) is 0 Å². The Hall–Kier alpha value is -2.08. The van der Waals surface area contributed by atoms with E-state index in [4.69, 9.17) is 9.47 Å². The topological polar surface area (TPSA) is 59.1 Å². The number of carbonyl (C=O) groups is 2. The number of likely N-dealkylation sites (tertiary alicyclic amines) is 2. The maximum absolute atomic E-state index is 13.0. The van der Waals surface area contributed by atoms with Gasteiger partial charge in [-0.25, -0.2) is 0 Å². The molecule has 6 nitrogen and oxygen atoms in total. The molecule has 1 aromatic carbocycles. The summed E-state index contributed by atoms with van der Waals surface area (Å²) in [5, 5.41) is 0. The molecule has 6 heteroatoms. The molecule has 158 valence electrons. The van der Waals surface area contributed by atoms with E-state index in [1.807, 2.05) is 34.9 Å². The van der Waals surface area contributed by atoms with Gasteiger partial charge in [-0.1, -0.05) is 6.07 Å². The first-order valence-corrected chi connectivity index (χ1v) is 10.8. The second kappa shape index (κ2) is 8.34. The third-order valence-electron chi connectivity index (χ3n) is 6.96. The lowest BCUT2D eigenvalue weighted by molar-refractivity contribution is -0.141. The van der Waals surface area contributed by atoms with Gasteiger partial charge in [0.25, 0.3) is 5.91 Å². The van der Waals surface area contributed by atoms with Crippen LogP contribution in [0.15, 0.2) is 18.2 Å². The number of methoxy groups -OCH3 is 1. The molecule has 4 rings (SSSR count). The summed E-state index contributed by atoms with van der Waals surface area (Å²) in [7, 11) is 1.63. The Morgan fingerprint density at radius 1 is 1.28 bits per heavy atom. The van der Waals surface area contributed by atoms with Crippen molar-refractivity contribution in [1.29, 1.82) is 0 Å². The van der Waals surface area contributed by atoms with Crippen molar-refractivity contribution in [2.75, 3.05) is 39.9 Å². The average Bonchev–Trinajstić information content (AvgIpc) is 3.24. The summed E-state index contributed by atoms with van der Waals surface area (Å²) < 4.78 is 11.1. The fourth-order valence-electron chi connectivity index (χ4n) is 5.03. The quantitative estimate of drug-likeness (QED) is 0.780. The van der Waals surface area contributed by atoms with Crippen LogP contribution in [0.1, 0.15) is 54.4 Å². The Kier molecular flexibility index (Phi) is 5.81. The fraction of sp³-hybridized carbons (Fsp3) is 0.652. The van der Waals surface area contributed by atoms with Crippen LogP contribution in [0.4, 0.5) is 0 Å². The number of benzene rings is 1. The molecule has 0 N–H and O–H groups in total. The lowest BCUT2D eigenvalue weighted by Crippen LogP contribution is -2.53. The maximum atomic E-state index is 13.0. The van der Waals surface area contributed by atoms with Crippen molar-refractivity contribution in [3.05, 3.63) is 29.3 Å². The van der Waals surface area contributed by atoms with Crippen LogP contribution in [-0.4, -0.2) is 67.6 Å². The first-order valence-electron chi connectivity index (χ1n) is 10.8. The summed E-state index contributed by atoms with van der Waals surface area (Å²) in [5.74, 6) is 1.08. The normalized spacial score (nSPS) is 24.2. The minimum absolute atomic E-state index is 0.0706. The Bertz CT molecular complexity index is 764. The zero-order valence-corrected chi connectivity index (χ0v) is 17.6. The number of aryl methyl sites for hydroxylation is 1. The van der Waals surface area contributed by atoms with Crippen molar-refractivity contribution in [1.82, 2.24) is 9.80 Å². The Balaban J connectivity index is 1.37. The van der Waals surface area contributed by atoms with E-state index in [2.05, 4.69) is 0 Å². The maximum Gasteiger partial charge on any atom is 0.253 e. The van der Waals surface area contributed by atoms with Gasteiger partial charge in [0.2, 0.25) is 5.91 Å². The largest absolute Gasteiger partial charge is 0.496 e. The fourth-order valence-corrected chi connectivity index (χ4v) is 5.03. The van der Waals surface area contributed by atoms with Crippen molar-refractivity contribution >= 4 is 11.8 Å². The molecule has 3 heterocycles. The highest BCUT2D eigenvalue weighted by Gasteiger charge is 2.42. The molecule has 0 bridgehead atoms. The second-order valence-corrected chi connectivity index (χ2v) is 8.89. The molecule has 1 aromatic rings. The molecule has 0 aliphatic carbocycles. The van der Waals surface area contributed by atoms with Crippen LogP contribution in [0.2, 0.25) is 0 Å². The summed E-state index contributed by atoms with van der Waals surface area (Å²) in [5.41, 5.74) is 1.86. The highest BCUT2D eigenvalue weighted by atomic mass is 16.5. The summed E-state index contributed by atoms with van der Waals surface area (Å²) in [6, 6.07) is 5.66. The van der Waals surface area contributed by atoms with Crippen LogP contribution in [0.3, 0.4) is 0 Å². The van der Waals surface area contributed by atoms with Gasteiger partial charge in [-0.15, -0.1) is 0 Å². The van der Waals surface area contributed by atoms with Gasteiger partial charge in [0.1, 0.15) is 5.75 Å². The Labute approximate surface area is 173 Å². The van der Waals surface area contributed by atoms with Gasteiger partial charge in [-0.05, 0) is 62.1 Å². The van der Waals surface area contributed by atoms with E-state index in [1.165, 1.54) is 0 Å². The monoisotopic (exact) mass is 400 g/mol. The number of ether oxygens (including phenoxy) is 2. The predicted octanol–water partition coefficient (Wildman–Crippen LogP) is 3.03. The van der Waals surface area contributed by atoms with Gasteiger partial charge >= 0.3 is 0 Å². The van der Waals surface area contributed by atoms with Crippen LogP contribution in [0.25, 0.3) is 0 Å². The molecular weight excluding hydrogens is 368 g/mol. The standard InChI is InChI=1S/C23H32N2O4/c1-17-5-6-18(14-20(17)28-2)22(27)24-11-9-23(10-12-24)8-7-21(26)25(16-23)15-19-4-3-13-29-19/h5-6,14,19H,3-4,7-13,15-16H2,1-2H3/t19-/m0/s1. The highest BCUT2D eigenvalue weighted by molar-refractivity contribution is 5.94. The number of hydrogen-bond acceptors (Lipinski definition) is 4. The Morgan fingerprint density at radius 2 is 2.07 bits per heavy atom. The molecule has 3 saturated heterocycles. The Morgan fingerprint density at radius 3 is 2.76 bits per heavy atom. The zero-order chi connectivity index (χ0) is 20.4. The van der Waals surface area contributed by atoms with Gasteiger partial charge < -0.3 is 19.3 Å². The highest BCUT2D eigenvalue weighted by Crippen LogP contribution is 2.41. The van der Waals surface area contributed by atoms with E-state index in [1.54, 1.807) is 7.11 Å². The smallest absolute Gasteiger partial charge is 0.253 e. The van der Waals surface area contributed by atoms with E-state index >= 15 is 0 Å². The molecule has 29 heavy (non-hydrogen) atoms. The molecule has 0 radical (unpaired) electrons. The summed E-state index contributed by atoms with van der Waals surface area (Å²) in [4.78, 5) is 29.4. The SMILES string of the molecule is COc1cc(C(=O)N2CCC3(CCC(=O)N(C[C@@H]4CCCO4)C3)CC2)ccc1C. The van der Waals surface area contributed by atoms with Gasteiger partial charge in [-0.3, -0.25) is 9.59 Å². The lowest BCUT2D eigenvalue weighted by atomic mass is 9.72. The minimum atomic E-state index is 0.0706. The van der Waals surface area contributed by atoms with Crippen molar-refractivity contribution in [2.45, 2.75) is 51.6 Å². The molecule has 0 unspecified atom stereocenters. The van der Waals surface area contributed by atoms with E-state index in [0.29, 0.717) is 12.0 Å². The number of nitrogens with zero attached hydrogens (tertiary/aromatic N) is 2. The number of carbonyl (C=O) groups excluding carboxylic acids is 2. The summed E-state index contributed by atoms with van der Waals surface area (Å²) >= 11 is 0. The van der Waals surface area contributed by atoms with E-state index < -0.39 is 0 Å². The molecule has 3 aliphatic rings. The third-order valence-corrected chi connectivity index (χ3v) is 6.96. The molecular formula is C23H32N2O4. The van der Waals surface area contributed by atoms with Crippen LogP contribution < -0.4 is 4.74 Å². The zero-order valence-electron chi connectivity index (χ0n) is 17.6.